The quantitative estimate of drug-likeness (QED) is 0.257. The number of carbonyl (C=O) groups is 2. The van der Waals surface area contributed by atoms with Crippen LogP contribution in [0.1, 0.15) is 47.4 Å². The van der Waals surface area contributed by atoms with Gasteiger partial charge in [0, 0.05) is 55.3 Å². The molecule has 3 heterocycles. The van der Waals surface area contributed by atoms with Crippen LogP contribution in [0.5, 0.6) is 5.75 Å². The number of carbonyl (C=O) groups excluding carboxylic acids is 2. The standard InChI is InChI=1S/C39H45N3O5/c1-45-34-17-13-32(14-18-34)27-38(44)41-20-5-6-21-42-35(28-41)39(36(42)29-47-24-19-37(43)40-22-25-46-26-23-40)33-15-11-31(12-16-33)10-9-30-7-3-2-4-8-30/h2-4,7-8,11-18,35-36,39H,5-6,19-29H2,1H3/t35-,36-,39+/m0/s1. The number of hydrogen-bond acceptors (Lipinski definition) is 6. The molecule has 8 heteroatoms. The lowest BCUT2D eigenvalue weighted by Crippen LogP contribution is -2.68. The van der Waals surface area contributed by atoms with Crippen molar-refractivity contribution in [3.63, 3.8) is 0 Å². The molecular weight excluding hydrogens is 590 g/mol. The van der Waals surface area contributed by atoms with Crippen LogP contribution in [0, 0.1) is 11.8 Å². The van der Waals surface area contributed by atoms with Crippen molar-refractivity contribution < 1.29 is 23.8 Å². The number of benzene rings is 3. The Kier molecular flexibility index (Phi) is 11.2. The van der Waals surface area contributed by atoms with Gasteiger partial charge in [-0.05, 0) is 66.9 Å². The zero-order valence-electron chi connectivity index (χ0n) is 27.3. The second-order valence-corrected chi connectivity index (χ2v) is 12.5. The smallest absolute Gasteiger partial charge is 0.227 e. The number of amides is 2. The van der Waals surface area contributed by atoms with Crippen LogP contribution in [0.25, 0.3) is 0 Å². The van der Waals surface area contributed by atoms with Crippen LogP contribution < -0.4 is 4.74 Å². The van der Waals surface area contributed by atoms with Gasteiger partial charge in [-0.1, -0.05) is 54.3 Å². The van der Waals surface area contributed by atoms with E-state index in [4.69, 9.17) is 14.2 Å². The second kappa shape index (κ2) is 16.1. The molecule has 2 amide bonds. The van der Waals surface area contributed by atoms with E-state index < -0.39 is 0 Å². The number of methoxy groups -OCH3 is 1. The van der Waals surface area contributed by atoms with E-state index in [0.717, 1.165) is 48.4 Å². The number of morpholine rings is 1. The van der Waals surface area contributed by atoms with Crippen molar-refractivity contribution in [3.8, 4) is 17.6 Å². The molecule has 0 aliphatic carbocycles. The fraction of sp³-hybridized carbons (Fsp3) is 0.436. The largest absolute Gasteiger partial charge is 0.497 e. The molecule has 3 fully saturated rings. The minimum atomic E-state index is 0.126. The molecule has 3 aromatic rings. The summed E-state index contributed by atoms with van der Waals surface area (Å²) in [7, 11) is 1.65. The van der Waals surface area contributed by atoms with E-state index in [-0.39, 0.29) is 29.8 Å². The van der Waals surface area contributed by atoms with Crippen molar-refractivity contribution in [3.05, 3.63) is 101 Å². The number of ether oxygens (including phenoxy) is 3. The summed E-state index contributed by atoms with van der Waals surface area (Å²) >= 11 is 0. The Morgan fingerprint density at radius 2 is 1.51 bits per heavy atom. The fourth-order valence-corrected chi connectivity index (χ4v) is 6.97. The van der Waals surface area contributed by atoms with Crippen LogP contribution in [-0.4, -0.2) is 105 Å². The van der Waals surface area contributed by atoms with E-state index in [0.29, 0.717) is 58.9 Å². The van der Waals surface area contributed by atoms with Gasteiger partial charge in [0.25, 0.3) is 0 Å². The first-order valence-corrected chi connectivity index (χ1v) is 16.9. The Morgan fingerprint density at radius 1 is 0.809 bits per heavy atom. The fourth-order valence-electron chi connectivity index (χ4n) is 6.97. The molecule has 3 saturated heterocycles. The van der Waals surface area contributed by atoms with Gasteiger partial charge >= 0.3 is 0 Å². The van der Waals surface area contributed by atoms with Crippen molar-refractivity contribution in [1.82, 2.24) is 14.7 Å². The lowest BCUT2D eigenvalue weighted by molar-refractivity contribution is -0.138. The van der Waals surface area contributed by atoms with E-state index in [2.05, 4.69) is 45.9 Å². The third kappa shape index (κ3) is 8.41. The number of nitrogens with zero attached hydrogens (tertiary/aromatic N) is 3. The SMILES string of the molecule is COc1ccc(CC(=O)N2CCCCN3[C@@H](COCCC(=O)N4CCOCC4)[C@H](c4ccc(C#Cc5ccccc5)cc4)[C@@H]3C2)cc1. The minimum Gasteiger partial charge on any atom is -0.497 e. The van der Waals surface area contributed by atoms with Crippen molar-refractivity contribution in [2.75, 3.05) is 66.3 Å². The van der Waals surface area contributed by atoms with Gasteiger partial charge in [-0.2, -0.15) is 0 Å². The van der Waals surface area contributed by atoms with E-state index in [1.54, 1.807) is 7.11 Å². The van der Waals surface area contributed by atoms with Crippen LogP contribution in [0.3, 0.4) is 0 Å². The number of rotatable bonds is 9. The molecule has 3 aliphatic heterocycles. The Morgan fingerprint density at radius 3 is 2.23 bits per heavy atom. The molecule has 246 valence electrons. The molecule has 0 aromatic heterocycles. The summed E-state index contributed by atoms with van der Waals surface area (Å²) in [5, 5.41) is 0. The molecule has 0 saturated carbocycles. The van der Waals surface area contributed by atoms with E-state index in [1.807, 2.05) is 59.5 Å². The van der Waals surface area contributed by atoms with E-state index in [9.17, 15) is 9.59 Å². The first-order chi connectivity index (χ1) is 23.1. The lowest BCUT2D eigenvalue weighted by Gasteiger charge is -2.57. The maximum atomic E-state index is 13.6. The minimum absolute atomic E-state index is 0.126. The summed E-state index contributed by atoms with van der Waals surface area (Å²) in [6.07, 6.45) is 2.75. The molecule has 0 unspecified atom stereocenters. The molecule has 0 radical (unpaired) electrons. The highest BCUT2D eigenvalue weighted by Gasteiger charge is 2.50. The van der Waals surface area contributed by atoms with Gasteiger partial charge in [-0.25, -0.2) is 0 Å². The second-order valence-electron chi connectivity index (χ2n) is 12.5. The van der Waals surface area contributed by atoms with Crippen LogP contribution >= 0.6 is 0 Å². The van der Waals surface area contributed by atoms with Gasteiger partial charge in [0.2, 0.25) is 11.8 Å². The molecule has 3 aliphatic rings. The summed E-state index contributed by atoms with van der Waals surface area (Å²) in [6.45, 7) is 5.88. The molecule has 3 atom stereocenters. The normalized spacial score (nSPS) is 21.3. The Hall–Kier alpha value is -4.16. The lowest BCUT2D eigenvalue weighted by atomic mass is 9.74. The van der Waals surface area contributed by atoms with Crippen molar-refractivity contribution in [2.24, 2.45) is 0 Å². The third-order valence-electron chi connectivity index (χ3n) is 9.58. The van der Waals surface area contributed by atoms with Gasteiger partial charge in [-0.15, -0.1) is 0 Å². The summed E-state index contributed by atoms with van der Waals surface area (Å²) in [4.78, 5) is 32.8. The highest BCUT2D eigenvalue weighted by Crippen LogP contribution is 2.42. The van der Waals surface area contributed by atoms with Crippen molar-refractivity contribution in [1.29, 1.82) is 0 Å². The predicted molar refractivity (Wildman–Crippen MR) is 181 cm³/mol. The molecular formula is C39H45N3O5. The Bertz CT molecular complexity index is 1530. The topological polar surface area (TPSA) is 71.6 Å². The number of fused-ring (bicyclic) bond motifs is 1. The summed E-state index contributed by atoms with van der Waals surface area (Å²) in [6, 6.07) is 26.7. The molecule has 0 N–H and O–H groups in total. The molecule has 6 rings (SSSR count). The number of hydrogen-bond donors (Lipinski definition) is 0. The highest BCUT2D eigenvalue weighted by atomic mass is 16.5. The van der Waals surface area contributed by atoms with Gasteiger partial charge in [0.15, 0.2) is 0 Å². The Labute approximate surface area is 278 Å². The summed E-state index contributed by atoms with van der Waals surface area (Å²) in [5.74, 6) is 7.82. The maximum Gasteiger partial charge on any atom is 0.227 e. The van der Waals surface area contributed by atoms with Crippen molar-refractivity contribution in [2.45, 2.75) is 43.7 Å². The van der Waals surface area contributed by atoms with Crippen LogP contribution in [0.2, 0.25) is 0 Å². The maximum absolute atomic E-state index is 13.6. The highest BCUT2D eigenvalue weighted by molar-refractivity contribution is 5.79. The van der Waals surface area contributed by atoms with Crippen LogP contribution in [0.4, 0.5) is 0 Å². The van der Waals surface area contributed by atoms with Gasteiger partial charge in [-0.3, -0.25) is 14.5 Å². The average Bonchev–Trinajstić information content (AvgIpc) is 3.11. The van der Waals surface area contributed by atoms with Crippen molar-refractivity contribution >= 4 is 11.8 Å². The first kappa shape index (κ1) is 32.8. The van der Waals surface area contributed by atoms with Gasteiger partial charge in [0.1, 0.15) is 5.75 Å². The molecule has 3 aromatic carbocycles. The molecule has 0 spiro atoms. The van der Waals surface area contributed by atoms with Gasteiger partial charge < -0.3 is 24.0 Å². The molecule has 0 bridgehead atoms. The van der Waals surface area contributed by atoms with E-state index in [1.165, 1.54) is 5.56 Å². The molecule has 47 heavy (non-hydrogen) atoms. The van der Waals surface area contributed by atoms with Crippen LogP contribution in [-0.2, 0) is 25.5 Å². The zero-order valence-corrected chi connectivity index (χ0v) is 27.3. The summed E-state index contributed by atoms with van der Waals surface area (Å²) < 4.78 is 16.9. The van der Waals surface area contributed by atoms with E-state index >= 15 is 0 Å². The first-order valence-electron chi connectivity index (χ1n) is 16.9. The zero-order chi connectivity index (χ0) is 32.4. The van der Waals surface area contributed by atoms with Gasteiger partial charge in [0.05, 0.1) is 46.4 Å². The summed E-state index contributed by atoms with van der Waals surface area (Å²) in [5.41, 5.74) is 4.18. The Balaban J connectivity index is 1.15. The molecule has 8 nitrogen and oxygen atoms in total. The predicted octanol–water partition coefficient (Wildman–Crippen LogP) is 4.36. The average molecular weight is 636 g/mol. The third-order valence-corrected chi connectivity index (χ3v) is 9.58. The van der Waals surface area contributed by atoms with Crippen LogP contribution in [0.15, 0.2) is 78.9 Å². The monoisotopic (exact) mass is 635 g/mol.